The normalized spacial score (nSPS) is 14.9. The maximum absolute atomic E-state index is 11.7. The number of hydrazone groups is 1. The largest absolute Gasteiger partial charge is 0.481 e. The van der Waals surface area contributed by atoms with Gasteiger partial charge in [-0.3, -0.25) is 9.59 Å². The number of carboxylic acid groups (broad SMARTS) is 1. The van der Waals surface area contributed by atoms with Crippen LogP contribution in [0.2, 0.25) is 10.0 Å². The molecule has 0 fully saturated rings. The minimum absolute atomic E-state index is 0.00649. The second kappa shape index (κ2) is 4.96. The Morgan fingerprint density at radius 3 is 2.72 bits per heavy atom. The zero-order chi connectivity index (χ0) is 13.3. The zero-order valence-electron chi connectivity index (χ0n) is 9.06. The number of benzene rings is 1. The van der Waals surface area contributed by atoms with Gasteiger partial charge in [-0.2, -0.15) is 5.10 Å². The van der Waals surface area contributed by atoms with Crippen molar-refractivity contribution in [2.45, 2.75) is 12.8 Å². The first kappa shape index (κ1) is 12.9. The van der Waals surface area contributed by atoms with Gasteiger partial charge in [0.05, 0.1) is 34.3 Å². The minimum Gasteiger partial charge on any atom is -0.481 e. The van der Waals surface area contributed by atoms with Crippen LogP contribution < -0.4 is 5.01 Å². The predicted octanol–water partition coefficient (Wildman–Crippen LogP) is 2.56. The van der Waals surface area contributed by atoms with E-state index in [1.807, 2.05) is 0 Å². The van der Waals surface area contributed by atoms with Crippen LogP contribution >= 0.6 is 23.2 Å². The molecule has 0 saturated carbocycles. The number of hydrogen-bond acceptors (Lipinski definition) is 3. The van der Waals surface area contributed by atoms with Crippen molar-refractivity contribution in [2.75, 3.05) is 5.01 Å². The van der Waals surface area contributed by atoms with Crippen molar-refractivity contribution in [3.63, 3.8) is 0 Å². The molecule has 7 heteroatoms. The Kier molecular flexibility index (Phi) is 3.54. The van der Waals surface area contributed by atoms with Crippen molar-refractivity contribution in [3.8, 4) is 0 Å². The second-order valence-electron chi connectivity index (χ2n) is 3.72. The third-order valence-electron chi connectivity index (χ3n) is 2.34. The quantitative estimate of drug-likeness (QED) is 0.928. The summed E-state index contributed by atoms with van der Waals surface area (Å²) in [4.78, 5) is 22.3. The van der Waals surface area contributed by atoms with Crippen molar-refractivity contribution in [1.82, 2.24) is 0 Å². The topological polar surface area (TPSA) is 70.0 Å². The van der Waals surface area contributed by atoms with Crippen LogP contribution in [0.25, 0.3) is 0 Å². The maximum atomic E-state index is 11.7. The Morgan fingerprint density at radius 1 is 1.39 bits per heavy atom. The molecule has 0 unspecified atom stereocenters. The lowest BCUT2D eigenvalue weighted by molar-refractivity contribution is -0.135. The molecule has 1 N–H and O–H groups in total. The predicted molar refractivity (Wildman–Crippen MR) is 68.3 cm³/mol. The summed E-state index contributed by atoms with van der Waals surface area (Å²) in [5, 5.41) is 14.4. The van der Waals surface area contributed by atoms with E-state index in [0.717, 1.165) is 5.01 Å². The van der Waals surface area contributed by atoms with E-state index >= 15 is 0 Å². The first-order valence-corrected chi connectivity index (χ1v) is 5.79. The SMILES string of the molecule is O=C(O)CC1=NN(c2ccc(Cl)c(Cl)c2)C(=O)C1. The van der Waals surface area contributed by atoms with Gasteiger partial charge < -0.3 is 5.11 Å². The summed E-state index contributed by atoms with van der Waals surface area (Å²) in [7, 11) is 0. The summed E-state index contributed by atoms with van der Waals surface area (Å²) in [6.45, 7) is 0. The molecule has 0 saturated heterocycles. The molecular weight excluding hydrogens is 279 g/mol. The van der Waals surface area contributed by atoms with Crippen molar-refractivity contribution in [1.29, 1.82) is 0 Å². The first-order chi connectivity index (χ1) is 8.47. The van der Waals surface area contributed by atoms with Crippen LogP contribution in [0.3, 0.4) is 0 Å². The summed E-state index contributed by atoms with van der Waals surface area (Å²) in [5.74, 6) is -1.30. The lowest BCUT2D eigenvalue weighted by Crippen LogP contribution is -2.19. The van der Waals surface area contributed by atoms with Crippen LogP contribution in [0, 0.1) is 0 Å². The molecule has 1 aromatic carbocycles. The molecule has 1 aromatic rings. The average Bonchev–Trinajstić information content (AvgIpc) is 2.62. The van der Waals surface area contributed by atoms with Gasteiger partial charge in [-0.05, 0) is 18.2 Å². The summed E-state index contributed by atoms with van der Waals surface area (Å²) in [6.07, 6.45) is -0.240. The number of hydrogen-bond donors (Lipinski definition) is 1. The van der Waals surface area contributed by atoms with Gasteiger partial charge in [0.2, 0.25) is 0 Å². The highest BCUT2D eigenvalue weighted by atomic mass is 35.5. The lowest BCUT2D eigenvalue weighted by Gasteiger charge is -2.12. The molecule has 1 aliphatic rings. The Morgan fingerprint density at radius 2 is 2.11 bits per heavy atom. The maximum Gasteiger partial charge on any atom is 0.309 e. The zero-order valence-corrected chi connectivity index (χ0v) is 10.6. The van der Waals surface area contributed by atoms with Gasteiger partial charge in [-0.1, -0.05) is 23.2 Å². The van der Waals surface area contributed by atoms with E-state index in [1.165, 1.54) is 6.07 Å². The molecule has 0 aliphatic carbocycles. The molecule has 0 atom stereocenters. The van der Waals surface area contributed by atoms with E-state index in [0.29, 0.717) is 21.4 Å². The van der Waals surface area contributed by atoms with Gasteiger partial charge in [0.1, 0.15) is 0 Å². The van der Waals surface area contributed by atoms with Gasteiger partial charge in [0.25, 0.3) is 5.91 Å². The number of carbonyl (C=O) groups is 2. The number of carbonyl (C=O) groups excluding carboxylic acids is 1. The van der Waals surface area contributed by atoms with E-state index in [2.05, 4.69) is 5.10 Å². The van der Waals surface area contributed by atoms with E-state index in [-0.39, 0.29) is 18.7 Å². The second-order valence-corrected chi connectivity index (χ2v) is 4.53. The first-order valence-electron chi connectivity index (χ1n) is 5.03. The molecule has 0 spiro atoms. The lowest BCUT2D eigenvalue weighted by atomic mass is 10.2. The van der Waals surface area contributed by atoms with Crippen LogP contribution in [0.4, 0.5) is 5.69 Å². The smallest absolute Gasteiger partial charge is 0.309 e. The van der Waals surface area contributed by atoms with Crippen molar-refractivity contribution in [3.05, 3.63) is 28.2 Å². The minimum atomic E-state index is -1.02. The fourth-order valence-corrected chi connectivity index (χ4v) is 1.87. The average molecular weight is 287 g/mol. The number of rotatable bonds is 3. The Balaban J connectivity index is 2.27. The molecule has 0 bridgehead atoms. The van der Waals surface area contributed by atoms with Crippen LogP contribution in [0.5, 0.6) is 0 Å². The number of halogens is 2. The molecule has 0 aromatic heterocycles. The molecule has 5 nitrogen and oxygen atoms in total. The van der Waals surface area contributed by atoms with Crippen LogP contribution in [0.1, 0.15) is 12.8 Å². The highest BCUT2D eigenvalue weighted by molar-refractivity contribution is 6.42. The van der Waals surface area contributed by atoms with Gasteiger partial charge in [-0.25, -0.2) is 5.01 Å². The summed E-state index contributed by atoms with van der Waals surface area (Å²) in [5.41, 5.74) is 0.786. The molecule has 94 valence electrons. The number of aliphatic carboxylic acids is 1. The van der Waals surface area contributed by atoms with Crippen LogP contribution in [-0.2, 0) is 9.59 Å². The molecule has 1 heterocycles. The van der Waals surface area contributed by atoms with Gasteiger partial charge >= 0.3 is 5.97 Å². The van der Waals surface area contributed by atoms with Crippen LogP contribution in [-0.4, -0.2) is 22.7 Å². The Bertz CT molecular complexity index is 557. The number of anilines is 1. The van der Waals surface area contributed by atoms with E-state index < -0.39 is 5.97 Å². The highest BCUT2D eigenvalue weighted by Crippen LogP contribution is 2.29. The molecule has 0 radical (unpaired) electrons. The molecule has 2 rings (SSSR count). The monoisotopic (exact) mass is 286 g/mol. The van der Waals surface area contributed by atoms with E-state index in [9.17, 15) is 9.59 Å². The summed E-state index contributed by atoms with van der Waals surface area (Å²) in [6, 6.07) is 4.66. The Labute approximate surface area is 113 Å². The van der Waals surface area contributed by atoms with Gasteiger partial charge in [-0.15, -0.1) is 0 Å². The van der Waals surface area contributed by atoms with Crippen molar-refractivity contribution >= 4 is 46.5 Å². The third-order valence-corrected chi connectivity index (χ3v) is 3.08. The summed E-state index contributed by atoms with van der Waals surface area (Å²) >= 11 is 11.6. The number of amides is 1. The highest BCUT2D eigenvalue weighted by Gasteiger charge is 2.26. The van der Waals surface area contributed by atoms with Crippen molar-refractivity contribution < 1.29 is 14.7 Å². The Hall–Kier alpha value is -1.59. The fraction of sp³-hybridized carbons (Fsp3) is 0.182. The number of carboxylic acids is 1. The molecular formula is C11H8Cl2N2O3. The summed E-state index contributed by atoms with van der Waals surface area (Å²) < 4.78 is 0. The van der Waals surface area contributed by atoms with Crippen molar-refractivity contribution in [2.24, 2.45) is 5.10 Å². The standard InChI is InChI=1S/C11H8Cl2N2O3/c12-8-2-1-7(5-9(8)13)15-10(16)3-6(14-15)4-11(17)18/h1-2,5H,3-4H2,(H,17,18). The molecule has 18 heavy (non-hydrogen) atoms. The van der Waals surface area contributed by atoms with Gasteiger partial charge in [0, 0.05) is 0 Å². The molecule has 1 aliphatic heterocycles. The van der Waals surface area contributed by atoms with E-state index in [1.54, 1.807) is 12.1 Å². The van der Waals surface area contributed by atoms with Crippen LogP contribution in [0.15, 0.2) is 23.3 Å². The van der Waals surface area contributed by atoms with Gasteiger partial charge in [0.15, 0.2) is 0 Å². The fourth-order valence-electron chi connectivity index (χ4n) is 1.57. The van der Waals surface area contributed by atoms with E-state index in [4.69, 9.17) is 28.3 Å². The molecule has 1 amide bonds. The third kappa shape index (κ3) is 2.63. The number of nitrogens with zero attached hydrogens (tertiary/aromatic N) is 2.